The summed E-state index contributed by atoms with van der Waals surface area (Å²) in [5, 5.41) is 9.47. The molecule has 2 nitrogen and oxygen atoms in total. The van der Waals surface area contributed by atoms with E-state index in [1.54, 1.807) is 0 Å². The molecule has 1 aliphatic heterocycles. The lowest BCUT2D eigenvalue weighted by Gasteiger charge is -2.45. The standard InChI is InChI=1S/C17H28N2/c18-12-15-7-2-1-3-9-17(15)19-11-10-14-6-4-5-8-16(14)13-19/h14-17H,1-11,13H2. The van der Waals surface area contributed by atoms with Crippen molar-refractivity contribution in [2.75, 3.05) is 13.1 Å². The largest absolute Gasteiger partial charge is 0.299 e. The van der Waals surface area contributed by atoms with Gasteiger partial charge < -0.3 is 0 Å². The molecule has 0 bridgehead atoms. The molecule has 0 N–H and O–H groups in total. The van der Waals surface area contributed by atoms with Crippen LogP contribution in [0.5, 0.6) is 0 Å². The second-order valence-electron chi connectivity index (χ2n) is 7.03. The SMILES string of the molecule is N#CC1CCCCCC1N1CCC2CCCCC2C1. The third kappa shape index (κ3) is 2.97. The van der Waals surface area contributed by atoms with Crippen LogP contribution in [0.3, 0.4) is 0 Å². The zero-order valence-electron chi connectivity index (χ0n) is 12.2. The van der Waals surface area contributed by atoms with Gasteiger partial charge in [-0.3, -0.25) is 4.90 Å². The van der Waals surface area contributed by atoms with Crippen LogP contribution in [0.1, 0.15) is 64.2 Å². The maximum absolute atomic E-state index is 9.47. The lowest BCUT2D eigenvalue weighted by atomic mass is 9.74. The molecule has 2 saturated carbocycles. The van der Waals surface area contributed by atoms with E-state index in [2.05, 4.69) is 11.0 Å². The number of hydrogen-bond acceptors (Lipinski definition) is 2. The summed E-state index contributed by atoms with van der Waals surface area (Å²) in [4.78, 5) is 2.71. The van der Waals surface area contributed by atoms with E-state index in [1.165, 1.54) is 70.9 Å². The summed E-state index contributed by atoms with van der Waals surface area (Å²) >= 11 is 0. The predicted molar refractivity (Wildman–Crippen MR) is 77.6 cm³/mol. The molecule has 3 rings (SSSR count). The van der Waals surface area contributed by atoms with Crippen molar-refractivity contribution in [3.05, 3.63) is 0 Å². The van der Waals surface area contributed by atoms with Gasteiger partial charge in [0.15, 0.2) is 0 Å². The van der Waals surface area contributed by atoms with Crippen molar-refractivity contribution < 1.29 is 0 Å². The molecule has 4 atom stereocenters. The summed E-state index contributed by atoms with van der Waals surface area (Å²) in [6.07, 6.45) is 13.6. The molecular formula is C17H28N2. The van der Waals surface area contributed by atoms with Gasteiger partial charge in [-0.1, -0.05) is 38.5 Å². The molecule has 2 heteroatoms. The quantitative estimate of drug-likeness (QED) is 0.667. The molecule has 2 aliphatic carbocycles. The van der Waals surface area contributed by atoms with Gasteiger partial charge in [0.05, 0.1) is 12.0 Å². The van der Waals surface area contributed by atoms with E-state index in [0.717, 1.165) is 18.3 Å². The molecule has 3 aliphatic rings. The van der Waals surface area contributed by atoms with Crippen LogP contribution in [-0.2, 0) is 0 Å². The fraction of sp³-hybridized carbons (Fsp3) is 0.941. The average molecular weight is 260 g/mol. The van der Waals surface area contributed by atoms with Gasteiger partial charge in [0.25, 0.3) is 0 Å². The first kappa shape index (κ1) is 13.4. The van der Waals surface area contributed by atoms with Crippen LogP contribution in [-0.4, -0.2) is 24.0 Å². The van der Waals surface area contributed by atoms with Crippen LogP contribution >= 0.6 is 0 Å². The highest BCUT2D eigenvalue weighted by molar-refractivity contribution is 4.97. The summed E-state index contributed by atoms with van der Waals surface area (Å²) in [6, 6.07) is 3.20. The summed E-state index contributed by atoms with van der Waals surface area (Å²) in [5.74, 6) is 2.27. The Morgan fingerprint density at radius 1 is 0.789 bits per heavy atom. The van der Waals surface area contributed by atoms with E-state index in [9.17, 15) is 5.26 Å². The predicted octanol–water partition coefficient (Wildman–Crippen LogP) is 3.97. The van der Waals surface area contributed by atoms with Crippen molar-refractivity contribution in [2.24, 2.45) is 17.8 Å². The van der Waals surface area contributed by atoms with E-state index in [-0.39, 0.29) is 0 Å². The molecule has 4 unspecified atom stereocenters. The van der Waals surface area contributed by atoms with Crippen molar-refractivity contribution in [1.29, 1.82) is 5.26 Å². The second kappa shape index (κ2) is 6.27. The third-order valence-corrected chi connectivity index (χ3v) is 5.94. The average Bonchev–Trinajstić information content (AvgIpc) is 2.72. The van der Waals surface area contributed by atoms with Crippen LogP contribution in [0, 0.1) is 29.1 Å². The Kier molecular flexibility index (Phi) is 4.43. The maximum atomic E-state index is 9.47. The molecule has 1 heterocycles. The van der Waals surface area contributed by atoms with Crippen LogP contribution in [0.2, 0.25) is 0 Å². The van der Waals surface area contributed by atoms with Gasteiger partial charge in [-0.05, 0) is 44.1 Å². The topological polar surface area (TPSA) is 27.0 Å². The zero-order chi connectivity index (χ0) is 13.1. The van der Waals surface area contributed by atoms with E-state index in [1.807, 2.05) is 0 Å². The lowest BCUT2D eigenvalue weighted by Crippen LogP contribution is -2.49. The van der Waals surface area contributed by atoms with E-state index < -0.39 is 0 Å². The maximum Gasteiger partial charge on any atom is 0.0672 e. The highest BCUT2D eigenvalue weighted by Crippen LogP contribution is 2.38. The third-order valence-electron chi connectivity index (χ3n) is 5.94. The molecule has 0 spiro atoms. The molecule has 0 amide bonds. The molecule has 19 heavy (non-hydrogen) atoms. The number of likely N-dealkylation sites (tertiary alicyclic amines) is 1. The van der Waals surface area contributed by atoms with Gasteiger partial charge in [0.2, 0.25) is 0 Å². The van der Waals surface area contributed by atoms with Gasteiger partial charge in [-0.25, -0.2) is 0 Å². The highest BCUT2D eigenvalue weighted by atomic mass is 15.2. The number of fused-ring (bicyclic) bond motifs is 1. The highest BCUT2D eigenvalue weighted by Gasteiger charge is 2.36. The minimum Gasteiger partial charge on any atom is -0.299 e. The number of hydrogen-bond donors (Lipinski definition) is 0. The monoisotopic (exact) mass is 260 g/mol. The van der Waals surface area contributed by atoms with Crippen molar-refractivity contribution in [3.8, 4) is 6.07 Å². The van der Waals surface area contributed by atoms with E-state index in [0.29, 0.717) is 12.0 Å². The van der Waals surface area contributed by atoms with Gasteiger partial charge >= 0.3 is 0 Å². The molecular weight excluding hydrogens is 232 g/mol. The summed E-state index contributed by atoms with van der Waals surface area (Å²) in [7, 11) is 0. The van der Waals surface area contributed by atoms with Crippen LogP contribution in [0.4, 0.5) is 0 Å². The Morgan fingerprint density at radius 3 is 2.37 bits per heavy atom. The molecule has 0 radical (unpaired) electrons. The second-order valence-corrected chi connectivity index (χ2v) is 7.03. The van der Waals surface area contributed by atoms with E-state index in [4.69, 9.17) is 0 Å². The van der Waals surface area contributed by atoms with Crippen LogP contribution < -0.4 is 0 Å². The minimum atomic E-state index is 0.308. The molecule has 1 saturated heterocycles. The van der Waals surface area contributed by atoms with Crippen molar-refractivity contribution in [2.45, 2.75) is 70.3 Å². The first-order chi connectivity index (χ1) is 9.38. The van der Waals surface area contributed by atoms with Gasteiger partial charge in [-0.2, -0.15) is 5.26 Å². The van der Waals surface area contributed by atoms with Crippen LogP contribution in [0.25, 0.3) is 0 Å². The summed E-state index contributed by atoms with van der Waals surface area (Å²) in [5.41, 5.74) is 0. The normalized spacial score (nSPS) is 41.0. The summed E-state index contributed by atoms with van der Waals surface area (Å²) < 4.78 is 0. The molecule has 106 valence electrons. The number of nitrogens with zero attached hydrogens (tertiary/aromatic N) is 2. The first-order valence-electron chi connectivity index (χ1n) is 8.52. The number of piperidine rings is 1. The molecule has 3 fully saturated rings. The Balaban J connectivity index is 1.65. The van der Waals surface area contributed by atoms with E-state index >= 15 is 0 Å². The lowest BCUT2D eigenvalue weighted by molar-refractivity contribution is 0.0416. The molecule has 0 aromatic rings. The van der Waals surface area contributed by atoms with Gasteiger partial charge in [0, 0.05) is 12.6 Å². The molecule has 0 aromatic carbocycles. The Bertz CT molecular complexity index is 333. The smallest absolute Gasteiger partial charge is 0.0672 e. The van der Waals surface area contributed by atoms with Crippen molar-refractivity contribution in [3.63, 3.8) is 0 Å². The minimum absolute atomic E-state index is 0.308. The summed E-state index contributed by atoms with van der Waals surface area (Å²) in [6.45, 7) is 2.57. The van der Waals surface area contributed by atoms with Crippen molar-refractivity contribution >= 4 is 0 Å². The fourth-order valence-electron chi connectivity index (χ4n) is 4.81. The number of nitriles is 1. The molecule has 0 aromatic heterocycles. The van der Waals surface area contributed by atoms with Gasteiger partial charge in [-0.15, -0.1) is 0 Å². The Morgan fingerprint density at radius 2 is 1.53 bits per heavy atom. The zero-order valence-corrected chi connectivity index (χ0v) is 12.2. The Labute approximate surface area is 118 Å². The van der Waals surface area contributed by atoms with Crippen molar-refractivity contribution in [1.82, 2.24) is 4.90 Å². The number of rotatable bonds is 1. The fourth-order valence-corrected chi connectivity index (χ4v) is 4.81. The first-order valence-corrected chi connectivity index (χ1v) is 8.52. The van der Waals surface area contributed by atoms with Gasteiger partial charge in [0.1, 0.15) is 0 Å². The Hall–Kier alpha value is -0.550. The van der Waals surface area contributed by atoms with Crippen LogP contribution in [0.15, 0.2) is 0 Å².